The Morgan fingerprint density at radius 1 is 0.905 bits per heavy atom. The van der Waals surface area contributed by atoms with Gasteiger partial charge in [-0.1, -0.05) is 65.9 Å². The van der Waals surface area contributed by atoms with Crippen LogP contribution < -0.4 is 0 Å². The van der Waals surface area contributed by atoms with Crippen molar-refractivity contribution in [1.29, 1.82) is 0 Å². The van der Waals surface area contributed by atoms with E-state index < -0.39 is 0 Å². The Balaban J connectivity index is 0. The second-order valence-corrected chi connectivity index (χ2v) is 5.79. The molecule has 0 aromatic rings. The van der Waals surface area contributed by atoms with Crippen molar-refractivity contribution >= 4 is 29.9 Å². The molecule has 0 radical (unpaired) electrons. The van der Waals surface area contributed by atoms with Crippen molar-refractivity contribution in [3.05, 3.63) is 12.2 Å². The van der Waals surface area contributed by atoms with Gasteiger partial charge in [0.05, 0.1) is 6.61 Å². The molecule has 0 saturated heterocycles. The molecule has 0 aromatic heterocycles. The first-order valence-corrected chi connectivity index (χ1v) is 8.44. The molecule has 126 valence electrons. The zero-order chi connectivity index (χ0) is 15.4. The predicted molar refractivity (Wildman–Crippen MR) is 98.1 cm³/mol. The Hall–Kier alpha value is 0.00870. The predicted octanol–water partition coefficient (Wildman–Crippen LogP) is 4.21. The first-order chi connectivity index (χ1) is 9.57. The van der Waals surface area contributed by atoms with Gasteiger partial charge in [-0.2, -0.15) is 0 Å². The van der Waals surface area contributed by atoms with Crippen molar-refractivity contribution in [1.82, 2.24) is 0 Å². The van der Waals surface area contributed by atoms with Crippen LogP contribution in [0.15, 0.2) is 12.2 Å². The summed E-state index contributed by atoms with van der Waals surface area (Å²) in [5.74, 6) is -0.184. The summed E-state index contributed by atoms with van der Waals surface area (Å²) >= 11 is 0. The third-order valence-corrected chi connectivity index (χ3v) is 4.19. The molecule has 0 unspecified atom stereocenters. The van der Waals surface area contributed by atoms with Crippen LogP contribution in [-0.2, 0) is 9.53 Å². The molecule has 0 rings (SSSR count). The second kappa shape index (κ2) is 13.7. The fourth-order valence-electron chi connectivity index (χ4n) is 2.81. The third-order valence-electron chi connectivity index (χ3n) is 4.19. The molecule has 3 heteroatoms. The summed E-state index contributed by atoms with van der Waals surface area (Å²) in [4.78, 5) is 12.2. The zero-order valence-corrected chi connectivity index (χ0v) is 14.1. The number of hydrogen-bond donors (Lipinski definition) is 0. The van der Waals surface area contributed by atoms with E-state index in [-0.39, 0.29) is 35.3 Å². The van der Waals surface area contributed by atoms with E-state index in [4.69, 9.17) is 4.74 Å². The summed E-state index contributed by atoms with van der Waals surface area (Å²) < 4.78 is 5.21. The average molecular weight is 405 g/mol. The Kier molecular flexibility index (Phi) is 15.1. The van der Waals surface area contributed by atoms with Crippen molar-refractivity contribution in [2.24, 2.45) is 5.41 Å². The molecular weight excluding hydrogens is 367 g/mol. The summed E-state index contributed by atoms with van der Waals surface area (Å²) in [6.07, 6.45) is 10.2. The molecule has 0 heterocycles. The van der Waals surface area contributed by atoms with Crippen LogP contribution in [-0.4, -0.2) is 36.5 Å². The number of ether oxygens (including phenoxy) is 1. The zero-order valence-electron chi connectivity index (χ0n) is 14.1. The van der Waals surface area contributed by atoms with Crippen LogP contribution in [0.25, 0.3) is 0 Å². The number of carbonyl (C=O) groups excluding carboxylic acids is 1. The van der Waals surface area contributed by atoms with Gasteiger partial charge in [0.2, 0.25) is 0 Å². The normalized spacial score (nSPS) is 10.9. The molecule has 0 atom stereocenters. The Bertz CT molecular complexity index is 265. The van der Waals surface area contributed by atoms with Crippen molar-refractivity contribution in [3.8, 4) is 0 Å². The monoisotopic (exact) mass is 406 g/mol. The number of hydrogen-bond acceptors (Lipinski definition) is 2. The van der Waals surface area contributed by atoms with Gasteiger partial charge in [-0.25, -0.2) is 4.79 Å². The van der Waals surface area contributed by atoms with Gasteiger partial charge in [0.25, 0.3) is 0 Å². The summed E-state index contributed by atoms with van der Waals surface area (Å²) in [7, 11) is 0. The Morgan fingerprint density at radius 2 is 1.29 bits per heavy atom. The van der Waals surface area contributed by atoms with E-state index in [1.165, 1.54) is 0 Å². The third kappa shape index (κ3) is 8.27. The van der Waals surface area contributed by atoms with Gasteiger partial charge < -0.3 is 4.74 Å². The summed E-state index contributed by atoms with van der Waals surface area (Å²) in [6, 6.07) is 0. The van der Waals surface area contributed by atoms with Crippen LogP contribution in [0.3, 0.4) is 0 Å². The fraction of sp³-hybridized carbons (Fsp3) is 0.833. The molecule has 0 aromatic carbocycles. The van der Waals surface area contributed by atoms with Crippen molar-refractivity contribution < 1.29 is 9.53 Å². The van der Waals surface area contributed by atoms with Crippen LogP contribution >= 0.6 is 0 Å². The molecule has 0 saturated carbocycles. The molecule has 0 aliphatic heterocycles. The summed E-state index contributed by atoms with van der Waals surface area (Å²) in [6.45, 7) is 13.0. The molecule has 0 amide bonds. The van der Waals surface area contributed by atoms with Crippen molar-refractivity contribution in [2.45, 2.75) is 85.5 Å². The van der Waals surface area contributed by atoms with Crippen LogP contribution in [0, 0.1) is 5.41 Å². The molecule has 0 aliphatic rings. The second-order valence-electron chi connectivity index (χ2n) is 5.79. The van der Waals surface area contributed by atoms with Gasteiger partial charge in [0, 0.05) is 11.0 Å². The Morgan fingerprint density at radius 3 is 1.57 bits per heavy atom. The van der Waals surface area contributed by atoms with E-state index in [1.54, 1.807) is 0 Å². The van der Waals surface area contributed by atoms with E-state index in [0.717, 1.165) is 63.4 Å². The number of rotatable bonds is 12. The molecular formula is C18H38O2Sn. The van der Waals surface area contributed by atoms with Gasteiger partial charge in [-0.3, -0.25) is 0 Å². The van der Waals surface area contributed by atoms with Crippen LogP contribution in [0.2, 0.25) is 0 Å². The van der Waals surface area contributed by atoms with Gasteiger partial charge >= 0.3 is 29.9 Å². The standard InChI is InChI=1S/C18H34O2.Sn.4H/c1-6-10-13-18(14-11-7-2,15-12-8-3)16(5)17(19)20-9-4;;;;;/h5-15H2,1-4H3;;;;;. The average Bonchev–Trinajstić information content (AvgIpc) is 2.46. The molecule has 21 heavy (non-hydrogen) atoms. The maximum atomic E-state index is 12.2. The van der Waals surface area contributed by atoms with Crippen LogP contribution in [0.4, 0.5) is 0 Å². The summed E-state index contributed by atoms with van der Waals surface area (Å²) in [5, 5.41) is 0. The molecule has 0 bridgehead atoms. The van der Waals surface area contributed by atoms with Crippen LogP contribution in [0.5, 0.6) is 0 Å². The molecule has 2 nitrogen and oxygen atoms in total. The number of carbonyl (C=O) groups is 1. The van der Waals surface area contributed by atoms with Gasteiger partial charge in [0.1, 0.15) is 0 Å². The minimum absolute atomic E-state index is 0. The fourth-order valence-corrected chi connectivity index (χ4v) is 2.81. The van der Waals surface area contributed by atoms with E-state index >= 15 is 0 Å². The van der Waals surface area contributed by atoms with E-state index in [9.17, 15) is 4.79 Å². The minimum atomic E-state index is -0.184. The van der Waals surface area contributed by atoms with Gasteiger partial charge in [0.15, 0.2) is 0 Å². The number of esters is 1. The SMILES string of the molecule is C=C(C(=O)OCC)C(CCCC)(CCCC)CCCC.[SnH4]. The van der Waals surface area contributed by atoms with Gasteiger partial charge in [-0.05, 0) is 26.2 Å². The number of unbranched alkanes of at least 4 members (excludes halogenated alkanes) is 3. The summed E-state index contributed by atoms with van der Waals surface area (Å²) in [5.41, 5.74) is 0.684. The topological polar surface area (TPSA) is 26.3 Å². The molecule has 0 spiro atoms. The van der Waals surface area contributed by atoms with Crippen molar-refractivity contribution in [2.75, 3.05) is 6.61 Å². The van der Waals surface area contributed by atoms with E-state index in [0.29, 0.717) is 6.61 Å². The maximum absolute atomic E-state index is 12.2. The molecule has 0 aliphatic carbocycles. The van der Waals surface area contributed by atoms with Gasteiger partial charge in [-0.15, -0.1) is 0 Å². The van der Waals surface area contributed by atoms with Crippen molar-refractivity contribution in [3.63, 3.8) is 0 Å². The van der Waals surface area contributed by atoms with E-state index in [2.05, 4.69) is 27.4 Å². The first-order valence-electron chi connectivity index (χ1n) is 8.44. The van der Waals surface area contributed by atoms with E-state index in [1.807, 2.05) is 6.92 Å². The van der Waals surface area contributed by atoms with Crippen LogP contribution in [0.1, 0.15) is 85.5 Å². The Labute approximate surface area is 149 Å². The first kappa shape index (κ1) is 23.3. The quantitative estimate of drug-likeness (QED) is 0.276. The molecule has 0 N–H and O–H groups in total. The molecule has 0 fully saturated rings.